The van der Waals surface area contributed by atoms with E-state index in [0.29, 0.717) is 18.8 Å². The number of carbonyl (C=O) groups is 1. The Morgan fingerprint density at radius 3 is 2.60 bits per heavy atom. The lowest BCUT2D eigenvalue weighted by Crippen LogP contribution is -2.24. The van der Waals surface area contributed by atoms with Gasteiger partial charge in [0.25, 0.3) is 5.91 Å². The molecule has 0 unspecified atom stereocenters. The van der Waals surface area contributed by atoms with Crippen LogP contribution in [-0.2, 0) is 0 Å². The van der Waals surface area contributed by atoms with Crippen molar-refractivity contribution in [3.05, 3.63) is 35.1 Å². The molecule has 20 heavy (non-hydrogen) atoms. The second kappa shape index (κ2) is 7.31. The highest BCUT2D eigenvalue weighted by molar-refractivity contribution is 5.96. The van der Waals surface area contributed by atoms with Crippen LogP contribution in [0.1, 0.15) is 34.5 Å². The van der Waals surface area contributed by atoms with E-state index in [9.17, 15) is 4.79 Å². The Kier molecular flexibility index (Phi) is 6.05. The molecule has 0 spiro atoms. The van der Waals surface area contributed by atoms with E-state index in [4.69, 9.17) is 10.2 Å². The van der Waals surface area contributed by atoms with Crippen LogP contribution in [0, 0.1) is 13.8 Å². The van der Waals surface area contributed by atoms with Gasteiger partial charge in [-0.05, 0) is 62.6 Å². The molecular weight excluding hydrogens is 276 g/mol. The minimum absolute atomic E-state index is 0. The summed E-state index contributed by atoms with van der Waals surface area (Å²) in [5, 5.41) is 3.80. The number of benzene rings is 1. The lowest BCUT2D eigenvalue weighted by Gasteiger charge is -2.01. The topological polar surface area (TPSA) is 68.3 Å². The van der Waals surface area contributed by atoms with Gasteiger partial charge in [0.2, 0.25) is 0 Å². The van der Waals surface area contributed by atoms with Crippen LogP contribution in [0.15, 0.2) is 22.6 Å². The molecule has 0 radical (unpaired) electrons. The Labute approximate surface area is 125 Å². The van der Waals surface area contributed by atoms with Crippen molar-refractivity contribution in [1.29, 1.82) is 0 Å². The number of aryl methyl sites for hydroxylation is 2. The number of hydrogen-bond donors (Lipinski definition) is 2. The third kappa shape index (κ3) is 3.74. The average Bonchev–Trinajstić information content (AvgIpc) is 2.78. The number of rotatable bonds is 5. The van der Waals surface area contributed by atoms with Crippen LogP contribution in [0.2, 0.25) is 0 Å². The first-order valence-electron chi connectivity index (χ1n) is 6.61. The molecule has 0 atom stereocenters. The van der Waals surface area contributed by atoms with E-state index in [0.717, 1.165) is 29.4 Å². The molecule has 0 saturated carbocycles. The lowest BCUT2D eigenvalue weighted by atomic mass is 10.1. The second-order valence-electron chi connectivity index (χ2n) is 4.84. The van der Waals surface area contributed by atoms with Crippen LogP contribution < -0.4 is 11.1 Å². The first-order valence-corrected chi connectivity index (χ1v) is 6.61. The largest absolute Gasteiger partial charge is 0.451 e. The monoisotopic (exact) mass is 296 g/mol. The zero-order valence-corrected chi connectivity index (χ0v) is 12.7. The van der Waals surface area contributed by atoms with E-state index in [2.05, 4.69) is 5.32 Å². The number of hydrogen-bond acceptors (Lipinski definition) is 3. The minimum Gasteiger partial charge on any atom is -0.451 e. The van der Waals surface area contributed by atoms with Gasteiger partial charge in [0, 0.05) is 11.9 Å². The fraction of sp³-hybridized carbons (Fsp3) is 0.400. The maximum Gasteiger partial charge on any atom is 0.287 e. The normalized spacial score (nSPS) is 10.3. The smallest absolute Gasteiger partial charge is 0.287 e. The summed E-state index contributed by atoms with van der Waals surface area (Å²) in [6, 6.07) is 5.80. The standard InChI is InChI=1S/C15H20N2O2.ClH/c1-10-7-12-9-14(19-13(12)8-11(10)2)15(18)17-6-4-3-5-16;/h7-9H,3-6,16H2,1-2H3,(H,17,18);1H. The fourth-order valence-corrected chi connectivity index (χ4v) is 1.97. The quantitative estimate of drug-likeness (QED) is 0.834. The van der Waals surface area contributed by atoms with E-state index < -0.39 is 0 Å². The maximum atomic E-state index is 11.9. The SMILES string of the molecule is Cc1cc2cc(C(=O)NCCCCN)oc2cc1C.Cl. The van der Waals surface area contributed by atoms with E-state index in [-0.39, 0.29) is 18.3 Å². The predicted octanol–water partition coefficient (Wildman–Crippen LogP) is 2.94. The zero-order chi connectivity index (χ0) is 13.8. The molecule has 2 rings (SSSR count). The second-order valence-corrected chi connectivity index (χ2v) is 4.84. The van der Waals surface area contributed by atoms with Crippen molar-refractivity contribution in [2.24, 2.45) is 5.73 Å². The first-order chi connectivity index (χ1) is 9.11. The molecular formula is C15H21ClN2O2. The highest BCUT2D eigenvalue weighted by Crippen LogP contribution is 2.23. The molecule has 0 bridgehead atoms. The molecule has 0 fully saturated rings. The summed E-state index contributed by atoms with van der Waals surface area (Å²) in [5.74, 6) is 0.205. The Morgan fingerprint density at radius 2 is 1.90 bits per heavy atom. The number of fused-ring (bicyclic) bond motifs is 1. The van der Waals surface area contributed by atoms with Gasteiger partial charge < -0.3 is 15.5 Å². The molecule has 1 heterocycles. The Bertz CT molecular complexity index is 554. The maximum absolute atomic E-state index is 11.9. The van der Waals surface area contributed by atoms with Crippen LogP contribution in [0.4, 0.5) is 0 Å². The molecule has 5 heteroatoms. The third-order valence-corrected chi connectivity index (χ3v) is 3.27. The van der Waals surface area contributed by atoms with Gasteiger partial charge in [0.1, 0.15) is 5.58 Å². The van der Waals surface area contributed by atoms with Gasteiger partial charge in [-0.1, -0.05) is 0 Å². The average molecular weight is 297 g/mol. The van der Waals surface area contributed by atoms with Crippen molar-refractivity contribution in [3.8, 4) is 0 Å². The predicted molar refractivity (Wildman–Crippen MR) is 83.6 cm³/mol. The van der Waals surface area contributed by atoms with Crippen molar-refractivity contribution in [2.45, 2.75) is 26.7 Å². The van der Waals surface area contributed by atoms with Gasteiger partial charge in [-0.25, -0.2) is 0 Å². The summed E-state index contributed by atoms with van der Waals surface area (Å²) < 4.78 is 5.59. The molecule has 0 aliphatic heterocycles. The first kappa shape index (κ1) is 16.5. The number of carbonyl (C=O) groups excluding carboxylic acids is 1. The number of furan rings is 1. The number of halogens is 1. The van der Waals surface area contributed by atoms with Crippen molar-refractivity contribution >= 4 is 29.3 Å². The van der Waals surface area contributed by atoms with E-state index in [1.54, 1.807) is 6.07 Å². The lowest BCUT2D eigenvalue weighted by molar-refractivity contribution is 0.0927. The molecule has 1 aromatic heterocycles. The van der Waals surface area contributed by atoms with E-state index in [1.165, 1.54) is 5.56 Å². The van der Waals surface area contributed by atoms with Crippen LogP contribution in [0.5, 0.6) is 0 Å². The molecule has 0 saturated heterocycles. The van der Waals surface area contributed by atoms with Crippen LogP contribution in [-0.4, -0.2) is 19.0 Å². The van der Waals surface area contributed by atoms with Crippen molar-refractivity contribution in [2.75, 3.05) is 13.1 Å². The summed E-state index contributed by atoms with van der Waals surface area (Å²) >= 11 is 0. The van der Waals surface area contributed by atoms with Crippen LogP contribution in [0.25, 0.3) is 11.0 Å². The highest BCUT2D eigenvalue weighted by atomic mass is 35.5. The summed E-state index contributed by atoms with van der Waals surface area (Å²) in [5.41, 5.74) is 8.53. The van der Waals surface area contributed by atoms with Gasteiger partial charge in [-0.3, -0.25) is 4.79 Å². The molecule has 1 amide bonds. The van der Waals surface area contributed by atoms with Gasteiger partial charge in [-0.15, -0.1) is 12.4 Å². The zero-order valence-electron chi connectivity index (χ0n) is 11.9. The number of nitrogens with one attached hydrogen (secondary N) is 1. The van der Waals surface area contributed by atoms with Crippen molar-refractivity contribution < 1.29 is 9.21 Å². The number of nitrogens with two attached hydrogens (primary N) is 1. The molecule has 3 N–H and O–H groups in total. The Morgan fingerprint density at radius 1 is 1.20 bits per heavy atom. The van der Waals surface area contributed by atoms with E-state index in [1.807, 2.05) is 26.0 Å². The van der Waals surface area contributed by atoms with Gasteiger partial charge >= 0.3 is 0 Å². The Hall–Kier alpha value is -1.52. The van der Waals surface area contributed by atoms with Crippen LogP contribution >= 0.6 is 12.4 Å². The molecule has 2 aromatic rings. The molecule has 4 nitrogen and oxygen atoms in total. The molecule has 110 valence electrons. The summed E-state index contributed by atoms with van der Waals surface area (Å²) in [7, 11) is 0. The number of unbranched alkanes of at least 4 members (excludes halogenated alkanes) is 1. The summed E-state index contributed by atoms with van der Waals surface area (Å²) in [6.45, 7) is 5.36. The fourth-order valence-electron chi connectivity index (χ4n) is 1.97. The van der Waals surface area contributed by atoms with E-state index >= 15 is 0 Å². The number of amides is 1. The van der Waals surface area contributed by atoms with Gasteiger partial charge in [0.05, 0.1) is 0 Å². The van der Waals surface area contributed by atoms with Crippen molar-refractivity contribution in [1.82, 2.24) is 5.32 Å². The van der Waals surface area contributed by atoms with Crippen LogP contribution in [0.3, 0.4) is 0 Å². The molecule has 1 aromatic carbocycles. The van der Waals surface area contributed by atoms with Crippen molar-refractivity contribution in [3.63, 3.8) is 0 Å². The Balaban J connectivity index is 0.00000200. The highest BCUT2D eigenvalue weighted by Gasteiger charge is 2.12. The molecule has 0 aliphatic rings. The summed E-state index contributed by atoms with van der Waals surface area (Å²) in [6.07, 6.45) is 1.81. The summed E-state index contributed by atoms with van der Waals surface area (Å²) in [4.78, 5) is 11.9. The minimum atomic E-state index is -0.163. The van der Waals surface area contributed by atoms with Gasteiger partial charge in [0.15, 0.2) is 5.76 Å². The third-order valence-electron chi connectivity index (χ3n) is 3.27. The van der Waals surface area contributed by atoms with Gasteiger partial charge in [-0.2, -0.15) is 0 Å². The molecule has 0 aliphatic carbocycles.